The van der Waals surface area contributed by atoms with E-state index in [4.69, 9.17) is 10.00 Å². The summed E-state index contributed by atoms with van der Waals surface area (Å²) in [5, 5.41) is 9.17. The van der Waals surface area contributed by atoms with Crippen LogP contribution in [-0.2, 0) is 6.54 Å². The van der Waals surface area contributed by atoms with Gasteiger partial charge in [0.05, 0.1) is 12.7 Å². The first-order chi connectivity index (χ1) is 12.1. The predicted octanol–water partition coefficient (Wildman–Crippen LogP) is 3.67. The topological polar surface area (TPSA) is 39.5 Å². The molecule has 2 aromatic carbocycles. The predicted molar refractivity (Wildman–Crippen MR) is 101 cm³/mol. The number of nitrogens with zero attached hydrogens (tertiary/aromatic N) is 3. The molecule has 25 heavy (non-hydrogen) atoms. The molecular weight excluding hydrogens is 310 g/mol. The summed E-state index contributed by atoms with van der Waals surface area (Å²) in [4.78, 5) is 4.95. The molecular formula is C21H25N3O. The van der Waals surface area contributed by atoms with E-state index in [1.807, 2.05) is 18.2 Å². The molecule has 0 aliphatic carbocycles. The van der Waals surface area contributed by atoms with Crippen molar-refractivity contribution in [3.63, 3.8) is 0 Å². The molecule has 0 aromatic heterocycles. The van der Waals surface area contributed by atoms with Crippen LogP contribution >= 0.6 is 0 Å². The molecule has 0 N–H and O–H groups in total. The Labute approximate surface area is 150 Å². The van der Waals surface area contributed by atoms with Crippen LogP contribution in [0, 0.1) is 11.3 Å². The fourth-order valence-corrected chi connectivity index (χ4v) is 3.55. The monoisotopic (exact) mass is 335 g/mol. The third kappa shape index (κ3) is 3.78. The van der Waals surface area contributed by atoms with Crippen molar-refractivity contribution in [1.29, 1.82) is 5.26 Å². The minimum atomic E-state index is 0.401. The first-order valence-electron chi connectivity index (χ1n) is 8.75. The second-order valence-corrected chi connectivity index (χ2v) is 6.76. The molecule has 1 aliphatic heterocycles. The third-order valence-corrected chi connectivity index (χ3v) is 4.98. The number of nitriles is 1. The molecule has 1 aliphatic rings. The van der Waals surface area contributed by atoms with Crippen LogP contribution in [0.5, 0.6) is 5.75 Å². The summed E-state index contributed by atoms with van der Waals surface area (Å²) in [7, 11) is 1.61. The number of anilines is 1. The van der Waals surface area contributed by atoms with E-state index < -0.39 is 0 Å². The molecule has 130 valence electrons. The lowest BCUT2D eigenvalue weighted by molar-refractivity contribution is 0.158. The van der Waals surface area contributed by atoms with Crippen molar-refractivity contribution in [1.82, 2.24) is 4.90 Å². The second kappa shape index (κ2) is 7.58. The Balaban J connectivity index is 1.75. The standard InChI is InChI=1S/C21H25N3O/c1-16-14-24(20-10-9-19(12-22)21(11-20)25-3)17(2)13-23(16)15-18-7-5-4-6-8-18/h4-11,16-17H,13-15H2,1-3H3. The molecule has 0 radical (unpaired) electrons. The Morgan fingerprint density at radius 2 is 1.84 bits per heavy atom. The van der Waals surface area contributed by atoms with Crippen molar-refractivity contribution in [3.8, 4) is 11.8 Å². The van der Waals surface area contributed by atoms with E-state index in [0.29, 0.717) is 23.4 Å². The summed E-state index contributed by atoms with van der Waals surface area (Å²) >= 11 is 0. The van der Waals surface area contributed by atoms with Gasteiger partial charge >= 0.3 is 0 Å². The second-order valence-electron chi connectivity index (χ2n) is 6.76. The van der Waals surface area contributed by atoms with Crippen LogP contribution in [0.25, 0.3) is 0 Å². The molecule has 2 atom stereocenters. The van der Waals surface area contributed by atoms with Gasteiger partial charge in [0.1, 0.15) is 11.8 Å². The van der Waals surface area contributed by atoms with Crippen LogP contribution in [0.3, 0.4) is 0 Å². The Kier molecular flexibility index (Phi) is 5.25. The quantitative estimate of drug-likeness (QED) is 0.855. The summed E-state index contributed by atoms with van der Waals surface area (Å²) in [6.07, 6.45) is 0. The van der Waals surface area contributed by atoms with Crippen molar-refractivity contribution >= 4 is 5.69 Å². The van der Waals surface area contributed by atoms with Crippen LogP contribution < -0.4 is 9.64 Å². The normalized spacial score (nSPS) is 21.0. The highest BCUT2D eigenvalue weighted by Crippen LogP contribution is 2.29. The van der Waals surface area contributed by atoms with Crippen molar-refractivity contribution in [2.45, 2.75) is 32.5 Å². The molecule has 1 heterocycles. The Morgan fingerprint density at radius 3 is 2.52 bits per heavy atom. The Morgan fingerprint density at radius 1 is 1.08 bits per heavy atom. The average molecular weight is 335 g/mol. The highest BCUT2D eigenvalue weighted by atomic mass is 16.5. The third-order valence-electron chi connectivity index (χ3n) is 4.98. The van der Waals surface area contributed by atoms with Crippen molar-refractivity contribution in [2.75, 3.05) is 25.1 Å². The van der Waals surface area contributed by atoms with Gasteiger partial charge in [-0.2, -0.15) is 5.26 Å². The number of hydrogen-bond donors (Lipinski definition) is 0. The van der Waals surface area contributed by atoms with Crippen LogP contribution in [0.1, 0.15) is 25.0 Å². The van der Waals surface area contributed by atoms with Crippen LogP contribution in [0.15, 0.2) is 48.5 Å². The number of ether oxygens (including phenoxy) is 1. The van der Waals surface area contributed by atoms with Crippen LogP contribution in [0.4, 0.5) is 5.69 Å². The maximum atomic E-state index is 9.17. The molecule has 0 amide bonds. The van der Waals surface area contributed by atoms with Gasteiger partial charge in [0.15, 0.2) is 0 Å². The smallest absolute Gasteiger partial charge is 0.138 e. The zero-order chi connectivity index (χ0) is 17.8. The number of hydrogen-bond acceptors (Lipinski definition) is 4. The molecule has 0 saturated carbocycles. The lowest BCUT2D eigenvalue weighted by Gasteiger charge is -2.45. The summed E-state index contributed by atoms with van der Waals surface area (Å²) in [5.41, 5.74) is 3.05. The number of methoxy groups -OCH3 is 1. The van der Waals surface area contributed by atoms with Gasteiger partial charge in [0.2, 0.25) is 0 Å². The van der Waals surface area contributed by atoms with Gasteiger partial charge in [-0.1, -0.05) is 30.3 Å². The van der Waals surface area contributed by atoms with Gasteiger partial charge in [-0.15, -0.1) is 0 Å². The van der Waals surface area contributed by atoms with E-state index in [9.17, 15) is 0 Å². The molecule has 2 unspecified atom stereocenters. The minimum Gasteiger partial charge on any atom is -0.495 e. The summed E-state index contributed by atoms with van der Waals surface area (Å²) in [6.45, 7) is 7.50. The number of rotatable bonds is 4. The Hall–Kier alpha value is -2.51. The molecule has 0 spiro atoms. The zero-order valence-electron chi connectivity index (χ0n) is 15.1. The van der Waals surface area contributed by atoms with E-state index in [1.165, 1.54) is 5.56 Å². The largest absolute Gasteiger partial charge is 0.495 e. The summed E-state index contributed by atoms with van der Waals surface area (Å²) in [6, 6.07) is 19.5. The molecule has 2 aromatic rings. The fraction of sp³-hybridized carbons (Fsp3) is 0.381. The van der Waals surface area contributed by atoms with E-state index in [-0.39, 0.29) is 0 Å². The highest BCUT2D eigenvalue weighted by molar-refractivity contribution is 5.58. The molecule has 4 heteroatoms. The van der Waals surface area contributed by atoms with Crippen molar-refractivity contribution in [2.24, 2.45) is 0 Å². The fourth-order valence-electron chi connectivity index (χ4n) is 3.55. The van der Waals surface area contributed by atoms with Gasteiger partial charge in [-0.3, -0.25) is 4.90 Å². The summed E-state index contributed by atoms with van der Waals surface area (Å²) in [5.74, 6) is 0.645. The van der Waals surface area contributed by atoms with E-state index in [2.05, 4.69) is 60.0 Å². The average Bonchev–Trinajstić information content (AvgIpc) is 2.64. The molecule has 3 rings (SSSR count). The number of benzene rings is 2. The molecule has 0 bridgehead atoms. The molecule has 1 fully saturated rings. The number of piperazine rings is 1. The van der Waals surface area contributed by atoms with E-state index >= 15 is 0 Å². The maximum absolute atomic E-state index is 9.17. The van der Waals surface area contributed by atoms with Crippen molar-refractivity contribution < 1.29 is 4.74 Å². The van der Waals surface area contributed by atoms with Gasteiger partial charge in [-0.05, 0) is 31.5 Å². The van der Waals surface area contributed by atoms with Gasteiger partial charge in [0, 0.05) is 43.5 Å². The Bertz CT molecular complexity index is 753. The lowest BCUT2D eigenvalue weighted by Crippen LogP contribution is -2.56. The molecule has 4 nitrogen and oxygen atoms in total. The van der Waals surface area contributed by atoms with Gasteiger partial charge in [-0.25, -0.2) is 0 Å². The van der Waals surface area contributed by atoms with Crippen molar-refractivity contribution in [3.05, 3.63) is 59.7 Å². The lowest BCUT2D eigenvalue weighted by atomic mass is 10.0. The highest BCUT2D eigenvalue weighted by Gasteiger charge is 2.29. The van der Waals surface area contributed by atoms with Gasteiger partial charge < -0.3 is 9.64 Å². The van der Waals surface area contributed by atoms with E-state index in [1.54, 1.807) is 7.11 Å². The van der Waals surface area contributed by atoms with Gasteiger partial charge in [0.25, 0.3) is 0 Å². The maximum Gasteiger partial charge on any atom is 0.138 e. The van der Waals surface area contributed by atoms with E-state index in [0.717, 1.165) is 25.3 Å². The minimum absolute atomic E-state index is 0.401. The SMILES string of the molecule is COc1cc(N2CC(C)N(Cc3ccccc3)CC2C)ccc1C#N. The zero-order valence-corrected chi connectivity index (χ0v) is 15.1. The van der Waals surface area contributed by atoms with Crippen LogP contribution in [-0.4, -0.2) is 37.2 Å². The summed E-state index contributed by atoms with van der Waals surface area (Å²) < 4.78 is 5.37. The first kappa shape index (κ1) is 17.3. The molecule has 1 saturated heterocycles. The van der Waals surface area contributed by atoms with Crippen LogP contribution in [0.2, 0.25) is 0 Å². The first-order valence-corrected chi connectivity index (χ1v) is 8.75.